The van der Waals surface area contributed by atoms with Gasteiger partial charge in [0.1, 0.15) is 0 Å². The zero-order valence-electron chi connectivity index (χ0n) is 13.3. The van der Waals surface area contributed by atoms with Crippen LogP contribution in [0, 0.1) is 3.57 Å². The van der Waals surface area contributed by atoms with Crippen molar-refractivity contribution in [2.45, 2.75) is 33.8 Å². The Morgan fingerprint density at radius 2 is 2.14 bits per heavy atom. The maximum Gasteiger partial charge on any atom is 0.186 e. The molecule has 2 N–H and O–H groups in total. The largest absolute Gasteiger partial charge is 0.490 e. The molecule has 7 heteroatoms. The molecule has 0 bridgehead atoms. The fourth-order valence-corrected chi connectivity index (χ4v) is 2.59. The number of halogens is 1. The Kier molecular flexibility index (Phi) is 8.47. The van der Waals surface area contributed by atoms with Gasteiger partial charge in [0.15, 0.2) is 16.6 Å². The molecule has 0 aliphatic carbocycles. The van der Waals surface area contributed by atoms with Crippen molar-refractivity contribution >= 4 is 46.1 Å². The minimum absolute atomic E-state index is 0.0893. The van der Waals surface area contributed by atoms with E-state index in [2.05, 4.69) is 38.4 Å². The molecule has 1 aromatic carbocycles. The molecule has 0 radical (unpaired) electrons. The summed E-state index contributed by atoms with van der Waals surface area (Å²) in [6.45, 7) is 9.24. The molecule has 0 unspecified atom stereocenters. The van der Waals surface area contributed by atoms with Gasteiger partial charge in [-0.1, -0.05) is 0 Å². The normalized spacial score (nSPS) is 10.8. The zero-order valence-corrected chi connectivity index (χ0v) is 16.2. The second-order valence-electron chi connectivity index (χ2n) is 4.66. The van der Waals surface area contributed by atoms with Gasteiger partial charge in [-0.2, -0.15) is 5.10 Å². The number of nitrogens with zero attached hydrogens (tertiary/aromatic N) is 1. The van der Waals surface area contributed by atoms with E-state index >= 15 is 0 Å². The second-order valence-corrected chi connectivity index (χ2v) is 6.23. The van der Waals surface area contributed by atoms with Gasteiger partial charge in [-0.15, -0.1) is 0 Å². The highest BCUT2D eigenvalue weighted by molar-refractivity contribution is 14.1. The lowest BCUT2D eigenvalue weighted by Gasteiger charge is -2.16. The van der Waals surface area contributed by atoms with Gasteiger partial charge in [-0.25, -0.2) is 0 Å². The monoisotopic (exact) mass is 435 g/mol. The Hall–Kier alpha value is -1.09. The van der Waals surface area contributed by atoms with E-state index in [1.165, 1.54) is 0 Å². The summed E-state index contributed by atoms with van der Waals surface area (Å²) in [5.41, 5.74) is 3.68. The highest BCUT2D eigenvalue weighted by Gasteiger charge is 2.13. The summed E-state index contributed by atoms with van der Waals surface area (Å²) in [6, 6.07) is 3.90. The van der Waals surface area contributed by atoms with Crippen LogP contribution in [0.5, 0.6) is 11.5 Å². The molecule has 0 saturated heterocycles. The van der Waals surface area contributed by atoms with Crippen molar-refractivity contribution in [3.8, 4) is 11.5 Å². The van der Waals surface area contributed by atoms with Gasteiger partial charge in [0.2, 0.25) is 0 Å². The molecule has 22 heavy (non-hydrogen) atoms. The molecule has 1 rings (SSSR count). The highest BCUT2D eigenvalue weighted by atomic mass is 127. The SMILES string of the molecule is CCNC(=S)N/N=C\c1cc(I)c(OC(C)C)c(OCC)c1. The van der Waals surface area contributed by atoms with E-state index in [9.17, 15) is 0 Å². The van der Waals surface area contributed by atoms with Crippen LogP contribution in [-0.2, 0) is 0 Å². The lowest BCUT2D eigenvalue weighted by Crippen LogP contribution is -2.31. The Labute approximate surface area is 151 Å². The molecule has 0 aliphatic heterocycles. The average Bonchev–Trinajstić information content (AvgIpc) is 2.43. The maximum absolute atomic E-state index is 5.83. The van der Waals surface area contributed by atoms with E-state index in [1.807, 2.05) is 39.8 Å². The van der Waals surface area contributed by atoms with Crippen LogP contribution in [0.3, 0.4) is 0 Å². The Morgan fingerprint density at radius 3 is 2.73 bits per heavy atom. The summed E-state index contributed by atoms with van der Waals surface area (Å²) in [4.78, 5) is 0. The predicted octanol–water partition coefficient (Wildman–Crippen LogP) is 3.30. The molecule has 0 heterocycles. The third kappa shape index (κ3) is 6.35. The standard InChI is InChI=1S/C15H22IN3O2S/c1-5-17-15(22)19-18-9-11-7-12(16)14(21-10(3)4)13(8-11)20-6-2/h7-10H,5-6H2,1-4H3,(H2,17,19,22)/b18-9-. The van der Waals surface area contributed by atoms with Crippen molar-refractivity contribution < 1.29 is 9.47 Å². The number of benzene rings is 1. The van der Waals surface area contributed by atoms with Crippen LogP contribution in [0.15, 0.2) is 17.2 Å². The van der Waals surface area contributed by atoms with Crippen molar-refractivity contribution in [3.05, 3.63) is 21.3 Å². The minimum Gasteiger partial charge on any atom is -0.490 e. The van der Waals surface area contributed by atoms with E-state index in [0.717, 1.165) is 27.2 Å². The molecule has 122 valence electrons. The summed E-state index contributed by atoms with van der Waals surface area (Å²) in [7, 11) is 0. The first-order valence-electron chi connectivity index (χ1n) is 7.17. The van der Waals surface area contributed by atoms with Crippen LogP contribution >= 0.6 is 34.8 Å². The molecule has 0 atom stereocenters. The number of hydrazone groups is 1. The Balaban J connectivity index is 2.93. The third-order valence-electron chi connectivity index (χ3n) is 2.40. The topological polar surface area (TPSA) is 54.9 Å². The van der Waals surface area contributed by atoms with Crippen LogP contribution in [0.25, 0.3) is 0 Å². The first-order valence-corrected chi connectivity index (χ1v) is 8.66. The maximum atomic E-state index is 5.83. The number of rotatable bonds is 7. The number of ether oxygens (including phenoxy) is 2. The lowest BCUT2D eigenvalue weighted by atomic mass is 10.2. The first kappa shape index (κ1) is 19.0. The molecule has 5 nitrogen and oxygen atoms in total. The molecule has 0 fully saturated rings. The fraction of sp³-hybridized carbons (Fsp3) is 0.467. The molecule has 1 aromatic rings. The second kappa shape index (κ2) is 9.83. The third-order valence-corrected chi connectivity index (χ3v) is 3.44. The van der Waals surface area contributed by atoms with Crippen molar-refractivity contribution in [1.29, 1.82) is 0 Å². The Morgan fingerprint density at radius 1 is 1.41 bits per heavy atom. The van der Waals surface area contributed by atoms with Crippen LogP contribution in [0.2, 0.25) is 0 Å². The predicted molar refractivity (Wildman–Crippen MR) is 103 cm³/mol. The smallest absolute Gasteiger partial charge is 0.186 e. The summed E-state index contributed by atoms with van der Waals surface area (Å²) in [5.74, 6) is 1.49. The van der Waals surface area contributed by atoms with E-state index < -0.39 is 0 Å². The summed E-state index contributed by atoms with van der Waals surface area (Å²) in [5, 5.41) is 7.58. The lowest BCUT2D eigenvalue weighted by molar-refractivity contribution is 0.222. The molecule has 0 amide bonds. The summed E-state index contributed by atoms with van der Waals surface area (Å²) < 4.78 is 12.5. The molecule has 0 saturated carbocycles. The number of thiocarbonyl (C=S) groups is 1. The van der Waals surface area contributed by atoms with Crippen molar-refractivity contribution in [2.24, 2.45) is 5.10 Å². The highest BCUT2D eigenvalue weighted by Crippen LogP contribution is 2.34. The van der Waals surface area contributed by atoms with Crippen LogP contribution in [0.1, 0.15) is 33.3 Å². The quantitative estimate of drug-likeness (QED) is 0.298. The molecular weight excluding hydrogens is 413 g/mol. The van der Waals surface area contributed by atoms with Crippen molar-refractivity contribution in [1.82, 2.24) is 10.7 Å². The van der Waals surface area contributed by atoms with E-state index in [4.69, 9.17) is 21.7 Å². The molecule has 0 aliphatic rings. The van der Waals surface area contributed by atoms with Gasteiger partial charge in [-0.05, 0) is 80.2 Å². The number of nitrogens with one attached hydrogen (secondary N) is 2. The number of hydrogen-bond acceptors (Lipinski definition) is 4. The molecular formula is C15H22IN3O2S. The Bertz CT molecular complexity index is 536. The van der Waals surface area contributed by atoms with Gasteiger partial charge in [0, 0.05) is 6.54 Å². The molecule has 0 spiro atoms. The summed E-state index contributed by atoms with van der Waals surface area (Å²) in [6.07, 6.45) is 1.79. The number of hydrogen-bond donors (Lipinski definition) is 2. The first-order chi connectivity index (χ1) is 10.5. The van der Waals surface area contributed by atoms with E-state index in [-0.39, 0.29) is 6.10 Å². The van der Waals surface area contributed by atoms with Crippen molar-refractivity contribution in [3.63, 3.8) is 0 Å². The van der Waals surface area contributed by atoms with E-state index in [1.54, 1.807) is 6.21 Å². The molecule has 0 aromatic heterocycles. The van der Waals surface area contributed by atoms with Crippen molar-refractivity contribution in [2.75, 3.05) is 13.2 Å². The van der Waals surface area contributed by atoms with Gasteiger partial charge in [0.25, 0.3) is 0 Å². The van der Waals surface area contributed by atoms with Crippen LogP contribution in [-0.4, -0.2) is 30.6 Å². The summed E-state index contributed by atoms with van der Waals surface area (Å²) >= 11 is 7.29. The zero-order chi connectivity index (χ0) is 16.5. The fourth-order valence-electron chi connectivity index (χ4n) is 1.64. The average molecular weight is 435 g/mol. The van der Waals surface area contributed by atoms with Crippen LogP contribution < -0.4 is 20.2 Å². The van der Waals surface area contributed by atoms with Gasteiger partial charge in [0.05, 0.1) is 22.5 Å². The van der Waals surface area contributed by atoms with Gasteiger partial charge < -0.3 is 14.8 Å². The van der Waals surface area contributed by atoms with E-state index in [0.29, 0.717) is 11.7 Å². The van der Waals surface area contributed by atoms with Gasteiger partial charge in [-0.3, -0.25) is 5.43 Å². The van der Waals surface area contributed by atoms with Gasteiger partial charge >= 0.3 is 0 Å². The van der Waals surface area contributed by atoms with Crippen LogP contribution in [0.4, 0.5) is 0 Å². The minimum atomic E-state index is 0.0893.